The van der Waals surface area contributed by atoms with E-state index in [-0.39, 0.29) is 28.2 Å². The van der Waals surface area contributed by atoms with Crippen molar-refractivity contribution < 1.29 is 18.0 Å². The van der Waals surface area contributed by atoms with Crippen molar-refractivity contribution in [2.45, 2.75) is 50.7 Å². The molecule has 0 fully saturated rings. The molecule has 0 heterocycles. The molecule has 1 N–H and O–H groups in total. The maximum atomic E-state index is 14.0. The molecule has 40 heavy (non-hydrogen) atoms. The van der Waals surface area contributed by atoms with Gasteiger partial charge in [0, 0.05) is 33.2 Å². The molecule has 0 unspecified atom stereocenters. The van der Waals surface area contributed by atoms with Crippen LogP contribution in [0.5, 0.6) is 0 Å². The molecule has 0 radical (unpaired) electrons. The lowest BCUT2D eigenvalue weighted by molar-refractivity contribution is -0.139. The summed E-state index contributed by atoms with van der Waals surface area (Å²) in [6.07, 6.45) is 0.681. The largest absolute Gasteiger partial charge is 0.352 e. The molecule has 214 valence electrons. The van der Waals surface area contributed by atoms with E-state index in [0.717, 1.165) is 4.31 Å². The molecule has 0 saturated heterocycles. The Balaban J connectivity index is 2.09. The van der Waals surface area contributed by atoms with Gasteiger partial charge < -0.3 is 10.2 Å². The molecule has 3 aromatic rings. The molecule has 7 nitrogen and oxygen atoms in total. The van der Waals surface area contributed by atoms with E-state index in [1.807, 2.05) is 13.8 Å². The van der Waals surface area contributed by atoms with E-state index < -0.39 is 34.4 Å². The van der Waals surface area contributed by atoms with Gasteiger partial charge in [0.2, 0.25) is 11.8 Å². The van der Waals surface area contributed by atoms with Gasteiger partial charge in [0.25, 0.3) is 10.0 Å². The first-order valence-corrected chi connectivity index (χ1v) is 15.4. The second kappa shape index (κ2) is 13.9. The summed E-state index contributed by atoms with van der Waals surface area (Å²) in [5.74, 6) is -1.08. The lowest BCUT2D eigenvalue weighted by Gasteiger charge is -2.33. The van der Waals surface area contributed by atoms with E-state index in [1.54, 1.807) is 43.3 Å². The van der Waals surface area contributed by atoms with Crippen molar-refractivity contribution in [1.82, 2.24) is 10.2 Å². The van der Waals surface area contributed by atoms with Crippen molar-refractivity contribution in [3.63, 3.8) is 0 Å². The van der Waals surface area contributed by atoms with Crippen molar-refractivity contribution in [2.75, 3.05) is 10.8 Å². The average molecular weight is 645 g/mol. The highest BCUT2D eigenvalue weighted by molar-refractivity contribution is 7.92. The number of carbonyl (C=O) groups is 2. The van der Waals surface area contributed by atoms with Gasteiger partial charge in [-0.15, -0.1) is 0 Å². The highest BCUT2D eigenvalue weighted by Crippen LogP contribution is 2.33. The molecule has 12 heteroatoms. The Labute approximate surface area is 255 Å². The second-order valence-corrected chi connectivity index (χ2v) is 12.7. The smallest absolute Gasteiger partial charge is 0.264 e. The first-order valence-electron chi connectivity index (χ1n) is 12.4. The van der Waals surface area contributed by atoms with Gasteiger partial charge >= 0.3 is 0 Å². The number of hydrogen-bond donors (Lipinski definition) is 1. The van der Waals surface area contributed by atoms with Gasteiger partial charge in [0.1, 0.15) is 12.6 Å². The predicted molar refractivity (Wildman–Crippen MR) is 162 cm³/mol. The van der Waals surface area contributed by atoms with Gasteiger partial charge in [0.05, 0.1) is 15.6 Å². The van der Waals surface area contributed by atoms with Crippen LogP contribution < -0.4 is 9.62 Å². The van der Waals surface area contributed by atoms with Crippen LogP contribution in [-0.4, -0.2) is 43.8 Å². The zero-order chi connectivity index (χ0) is 29.6. The van der Waals surface area contributed by atoms with E-state index in [4.69, 9.17) is 46.4 Å². The molecular weight excluding hydrogens is 616 g/mol. The summed E-state index contributed by atoms with van der Waals surface area (Å²) in [6.45, 7) is 4.52. The maximum Gasteiger partial charge on any atom is 0.264 e. The summed E-state index contributed by atoms with van der Waals surface area (Å²) < 4.78 is 28.6. The van der Waals surface area contributed by atoms with Crippen molar-refractivity contribution in [2.24, 2.45) is 0 Å². The third-order valence-electron chi connectivity index (χ3n) is 6.35. The van der Waals surface area contributed by atoms with Crippen LogP contribution in [0, 0.1) is 0 Å². The zero-order valence-corrected chi connectivity index (χ0v) is 25.9. The fraction of sp³-hybridized carbons (Fsp3) is 0.286. The minimum Gasteiger partial charge on any atom is -0.352 e. The minimum atomic E-state index is -4.27. The summed E-state index contributed by atoms with van der Waals surface area (Å²) in [6, 6.07) is 15.7. The number of nitrogens with one attached hydrogen (secondary N) is 1. The molecule has 2 atom stereocenters. The molecule has 2 amide bonds. The lowest BCUT2D eigenvalue weighted by atomic mass is 10.1. The molecule has 3 rings (SSSR count). The quantitative estimate of drug-likeness (QED) is 0.248. The molecule has 0 aliphatic carbocycles. The summed E-state index contributed by atoms with van der Waals surface area (Å²) >= 11 is 25.3. The topological polar surface area (TPSA) is 86.8 Å². The standard InChI is InChI=1S/C28H29Cl4N3O4S/c1-4-18(2)33-28(37)19(3)34(16-22-23(30)11-8-12-24(22)31)27(36)17-35(26-14-13-20(29)15-25(26)32)40(38,39)21-9-6-5-7-10-21/h5-15,18-19H,4,16-17H2,1-3H3,(H,33,37)/t18-,19+/m1/s1. The van der Waals surface area contributed by atoms with Gasteiger partial charge in [-0.3, -0.25) is 13.9 Å². The van der Waals surface area contributed by atoms with Crippen molar-refractivity contribution in [3.8, 4) is 0 Å². The number of hydrogen-bond acceptors (Lipinski definition) is 4. The molecule has 0 saturated carbocycles. The van der Waals surface area contributed by atoms with E-state index in [2.05, 4.69) is 5.32 Å². The number of benzene rings is 3. The third-order valence-corrected chi connectivity index (χ3v) is 9.37. The fourth-order valence-corrected chi connectivity index (χ4v) is 6.35. The molecule has 0 spiro atoms. The molecule has 0 aliphatic heterocycles. The van der Waals surface area contributed by atoms with Crippen LogP contribution in [0.4, 0.5) is 5.69 Å². The molecule has 3 aromatic carbocycles. The minimum absolute atomic E-state index is 0.0306. The maximum absolute atomic E-state index is 14.0. The number of halogens is 4. The molecule has 0 aliphatic rings. The van der Waals surface area contributed by atoms with E-state index >= 15 is 0 Å². The molecular formula is C28H29Cl4N3O4S. The Morgan fingerprint density at radius 2 is 1.50 bits per heavy atom. The fourth-order valence-electron chi connectivity index (χ4n) is 3.82. The van der Waals surface area contributed by atoms with Crippen LogP contribution in [0.1, 0.15) is 32.8 Å². The summed E-state index contributed by atoms with van der Waals surface area (Å²) in [5, 5.41) is 3.79. The lowest BCUT2D eigenvalue weighted by Crippen LogP contribution is -2.52. The summed E-state index contributed by atoms with van der Waals surface area (Å²) in [5.41, 5.74) is 0.472. The summed E-state index contributed by atoms with van der Waals surface area (Å²) in [7, 11) is -4.27. The van der Waals surface area contributed by atoms with Crippen molar-refractivity contribution in [3.05, 3.63) is 92.4 Å². The van der Waals surface area contributed by atoms with Crippen LogP contribution in [0.2, 0.25) is 20.1 Å². The first kappa shape index (κ1) is 32.0. The Morgan fingerprint density at radius 3 is 2.08 bits per heavy atom. The second-order valence-electron chi connectivity index (χ2n) is 9.14. The number of nitrogens with zero attached hydrogens (tertiary/aromatic N) is 2. The van der Waals surface area contributed by atoms with E-state index in [9.17, 15) is 18.0 Å². The van der Waals surface area contributed by atoms with Gasteiger partial charge in [-0.2, -0.15) is 0 Å². The summed E-state index contributed by atoms with van der Waals surface area (Å²) in [4.78, 5) is 28.3. The van der Waals surface area contributed by atoms with E-state index in [1.165, 1.54) is 35.2 Å². The van der Waals surface area contributed by atoms with Crippen molar-refractivity contribution in [1.29, 1.82) is 0 Å². The highest BCUT2D eigenvalue weighted by Gasteiger charge is 2.34. The van der Waals surface area contributed by atoms with Gasteiger partial charge in [0.15, 0.2) is 0 Å². The van der Waals surface area contributed by atoms with Crippen LogP contribution in [0.15, 0.2) is 71.6 Å². The Bertz CT molecular complexity index is 1450. The van der Waals surface area contributed by atoms with Crippen LogP contribution in [0.3, 0.4) is 0 Å². The number of amides is 2. The highest BCUT2D eigenvalue weighted by atomic mass is 35.5. The Kier molecular flexibility index (Phi) is 11.1. The number of carbonyl (C=O) groups excluding carboxylic acids is 2. The van der Waals surface area contributed by atoms with Crippen LogP contribution >= 0.6 is 46.4 Å². The van der Waals surface area contributed by atoms with Gasteiger partial charge in [-0.1, -0.05) is 77.6 Å². The van der Waals surface area contributed by atoms with Gasteiger partial charge in [-0.05, 0) is 62.7 Å². The van der Waals surface area contributed by atoms with Crippen molar-refractivity contribution >= 4 is 73.9 Å². The molecule has 0 aromatic heterocycles. The zero-order valence-electron chi connectivity index (χ0n) is 22.1. The third kappa shape index (κ3) is 7.62. The monoisotopic (exact) mass is 643 g/mol. The Morgan fingerprint density at radius 1 is 0.875 bits per heavy atom. The number of anilines is 1. The normalized spacial score (nSPS) is 12.9. The number of rotatable bonds is 11. The number of sulfonamides is 1. The first-order chi connectivity index (χ1) is 18.9. The SMILES string of the molecule is CC[C@@H](C)NC(=O)[C@H](C)N(Cc1c(Cl)cccc1Cl)C(=O)CN(c1ccc(Cl)cc1Cl)S(=O)(=O)c1ccccc1. The van der Waals surface area contributed by atoms with Crippen LogP contribution in [-0.2, 0) is 26.2 Å². The Hall–Kier alpha value is -2.49. The predicted octanol–water partition coefficient (Wildman–Crippen LogP) is 6.83. The molecule has 0 bridgehead atoms. The van der Waals surface area contributed by atoms with Gasteiger partial charge in [-0.25, -0.2) is 8.42 Å². The average Bonchev–Trinajstić information content (AvgIpc) is 2.91. The van der Waals surface area contributed by atoms with Crippen LogP contribution in [0.25, 0.3) is 0 Å². The van der Waals surface area contributed by atoms with E-state index in [0.29, 0.717) is 27.1 Å².